The summed E-state index contributed by atoms with van der Waals surface area (Å²) in [6.45, 7) is 4.24. The van der Waals surface area contributed by atoms with E-state index in [1.807, 2.05) is 13.8 Å². The van der Waals surface area contributed by atoms with Gasteiger partial charge < -0.3 is 10.4 Å². The second kappa shape index (κ2) is 7.12. The Balaban J connectivity index is 1.65. The van der Waals surface area contributed by atoms with Crippen molar-refractivity contribution in [1.29, 1.82) is 0 Å². The standard InChI is InChI=1S/C19H25FN2O3/c1-11(2)18(12-3-5-13(20)6-4-12)21-17(23)10-22-14-7-8-16(22)15(9-14)19(24)25/h3-6,11,14-16,18H,7-10H2,1-2H3,(H,21,23)(H,24,25). The lowest BCUT2D eigenvalue weighted by Gasteiger charge is -2.26. The maximum absolute atomic E-state index is 13.1. The Kier molecular flexibility index (Phi) is 5.08. The number of hydrogen-bond acceptors (Lipinski definition) is 3. The molecule has 25 heavy (non-hydrogen) atoms. The van der Waals surface area contributed by atoms with Gasteiger partial charge in [-0.2, -0.15) is 0 Å². The summed E-state index contributed by atoms with van der Waals surface area (Å²) in [6.07, 6.45) is 2.45. The summed E-state index contributed by atoms with van der Waals surface area (Å²) in [5, 5.41) is 12.4. The highest BCUT2D eigenvalue weighted by Gasteiger charge is 2.49. The van der Waals surface area contributed by atoms with Gasteiger partial charge in [0.05, 0.1) is 18.5 Å². The molecule has 1 aromatic rings. The highest BCUT2D eigenvalue weighted by molar-refractivity contribution is 5.79. The average molecular weight is 348 g/mol. The maximum Gasteiger partial charge on any atom is 0.308 e. The first-order chi connectivity index (χ1) is 11.9. The van der Waals surface area contributed by atoms with Gasteiger partial charge in [0.1, 0.15) is 5.82 Å². The molecule has 4 atom stereocenters. The fourth-order valence-corrected chi connectivity index (χ4v) is 4.30. The minimum Gasteiger partial charge on any atom is -0.481 e. The number of carbonyl (C=O) groups excluding carboxylic acids is 1. The van der Waals surface area contributed by atoms with Gasteiger partial charge in [-0.15, -0.1) is 0 Å². The zero-order valence-corrected chi connectivity index (χ0v) is 14.6. The summed E-state index contributed by atoms with van der Waals surface area (Å²) in [7, 11) is 0. The number of carboxylic acids is 1. The molecule has 2 bridgehead atoms. The minimum absolute atomic E-state index is 0.0310. The van der Waals surface area contributed by atoms with Crippen LogP contribution in [0.15, 0.2) is 24.3 Å². The number of carbonyl (C=O) groups is 2. The van der Waals surface area contributed by atoms with Crippen LogP contribution in [0.2, 0.25) is 0 Å². The quantitative estimate of drug-likeness (QED) is 0.829. The first kappa shape index (κ1) is 17.9. The highest BCUT2D eigenvalue weighted by atomic mass is 19.1. The molecule has 0 spiro atoms. The molecule has 2 aliphatic rings. The number of nitrogens with one attached hydrogen (secondary N) is 1. The highest BCUT2D eigenvalue weighted by Crippen LogP contribution is 2.41. The predicted molar refractivity (Wildman–Crippen MR) is 91.4 cm³/mol. The van der Waals surface area contributed by atoms with Gasteiger partial charge >= 0.3 is 5.97 Å². The molecule has 5 nitrogen and oxygen atoms in total. The first-order valence-electron chi connectivity index (χ1n) is 8.90. The number of benzene rings is 1. The van der Waals surface area contributed by atoms with Gasteiger partial charge in [0, 0.05) is 12.1 Å². The summed E-state index contributed by atoms with van der Waals surface area (Å²) in [5.41, 5.74) is 0.873. The van der Waals surface area contributed by atoms with Crippen molar-refractivity contribution in [3.05, 3.63) is 35.6 Å². The molecule has 2 fully saturated rings. The van der Waals surface area contributed by atoms with Crippen LogP contribution in [-0.2, 0) is 9.59 Å². The van der Waals surface area contributed by atoms with Gasteiger partial charge in [-0.3, -0.25) is 14.5 Å². The van der Waals surface area contributed by atoms with Crippen LogP contribution >= 0.6 is 0 Å². The topological polar surface area (TPSA) is 69.6 Å². The molecule has 0 radical (unpaired) electrons. The SMILES string of the molecule is CC(C)C(NC(=O)CN1C2CCC1C(C(=O)O)C2)c1ccc(F)cc1. The molecular weight excluding hydrogens is 323 g/mol. The van der Waals surface area contributed by atoms with Crippen molar-refractivity contribution < 1.29 is 19.1 Å². The second-order valence-corrected chi connectivity index (χ2v) is 7.49. The summed E-state index contributed by atoms with van der Waals surface area (Å²) in [6, 6.07) is 6.16. The Labute approximate surface area is 147 Å². The number of nitrogens with zero attached hydrogens (tertiary/aromatic N) is 1. The van der Waals surface area contributed by atoms with Crippen LogP contribution < -0.4 is 5.32 Å². The van der Waals surface area contributed by atoms with Gasteiger partial charge in [-0.05, 0) is 42.9 Å². The molecule has 6 heteroatoms. The third kappa shape index (κ3) is 3.68. The van der Waals surface area contributed by atoms with Crippen LogP contribution in [0.1, 0.15) is 44.7 Å². The molecule has 2 aliphatic heterocycles. The number of halogens is 1. The van der Waals surface area contributed by atoms with Gasteiger partial charge in [0.25, 0.3) is 0 Å². The molecule has 136 valence electrons. The van der Waals surface area contributed by atoms with Crippen molar-refractivity contribution in [3.8, 4) is 0 Å². The minimum atomic E-state index is -0.760. The Morgan fingerprint density at radius 1 is 1.28 bits per heavy atom. The third-order valence-electron chi connectivity index (χ3n) is 5.54. The molecule has 0 aromatic heterocycles. The Bertz CT molecular complexity index is 647. The van der Waals surface area contributed by atoms with Crippen LogP contribution in [0.3, 0.4) is 0 Å². The van der Waals surface area contributed by atoms with Crippen molar-refractivity contribution in [2.75, 3.05) is 6.54 Å². The molecule has 4 unspecified atom stereocenters. The number of rotatable bonds is 6. The fraction of sp³-hybridized carbons (Fsp3) is 0.579. The van der Waals surface area contributed by atoms with Crippen molar-refractivity contribution in [1.82, 2.24) is 10.2 Å². The van der Waals surface area contributed by atoms with Crippen molar-refractivity contribution in [2.24, 2.45) is 11.8 Å². The van der Waals surface area contributed by atoms with Crippen LogP contribution in [0, 0.1) is 17.7 Å². The molecule has 2 N–H and O–H groups in total. The number of fused-ring (bicyclic) bond motifs is 2. The summed E-state index contributed by atoms with van der Waals surface area (Å²) in [5.74, 6) is -1.36. The Morgan fingerprint density at radius 2 is 1.96 bits per heavy atom. The lowest BCUT2D eigenvalue weighted by atomic mass is 9.89. The van der Waals surface area contributed by atoms with Crippen LogP contribution in [0.5, 0.6) is 0 Å². The molecule has 0 aliphatic carbocycles. The van der Waals surface area contributed by atoms with Crippen LogP contribution in [-0.4, -0.2) is 40.5 Å². The molecule has 1 amide bonds. The van der Waals surface area contributed by atoms with Gasteiger partial charge in [-0.25, -0.2) is 4.39 Å². The summed E-state index contributed by atoms with van der Waals surface area (Å²) < 4.78 is 13.1. The first-order valence-corrected chi connectivity index (χ1v) is 8.90. The molecular formula is C19H25FN2O3. The molecule has 0 saturated carbocycles. The van der Waals surface area contributed by atoms with E-state index in [4.69, 9.17) is 0 Å². The molecule has 1 aromatic carbocycles. The fourth-order valence-electron chi connectivity index (χ4n) is 4.30. The number of amides is 1. The van der Waals surface area contributed by atoms with E-state index in [0.29, 0.717) is 6.42 Å². The Morgan fingerprint density at radius 3 is 2.52 bits per heavy atom. The van der Waals surface area contributed by atoms with E-state index in [1.54, 1.807) is 12.1 Å². The van der Waals surface area contributed by atoms with Crippen molar-refractivity contribution >= 4 is 11.9 Å². The van der Waals surface area contributed by atoms with E-state index in [0.717, 1.165) is 18.4 Å². The molecule has 3 rings (SSSR count). The lowest BCUT2D eigenvalue weighted by molar-refractivity contribution is -0.143. The van der Waals surface area contributed by atoms with Gasteiger partial charge in [-0.1, -0.05) is 26.0 Å². The van der Waals surface area contributed by atoms with E-state index in [1.165, 1.54) is 12.1 Å². The van der Waals surface area contributed by atoms with Gasteiger partial charge in [0.2, 0.25) is 5.91 Å². The number of hydrogen-bond donors (Lipinski definition) is 2. The van der Waals surface area contributed by atoms with Crippen LogP contribution in [0.4, 0.5) is 4.39 Å². The largest absolute Gasteiger partial charge is 0.481 e. The van der Waals surface area contributed by atoms with E-state index < -0.39 is 5.97 Å². The molecule has 2 saturated heterocycles. The van der Waals surface area contributed by atoms with Crippen molar-refractivity contribution in [3.63, 3.8) is 0 Å². The van der Waals surface area contributed by atoms with Gasteiger partial charge in [0.15, 0.2) is 0 Å². The zero-order valence-electron chi connectivity index (χ0n) is 14.6. The third-order valence-corrected chi connectivity index (χ3v) is 5.54. The van der Waals surface area contributed by atoms with Crippen molar-refractivity contribution in [2.45, 2.75) is 51.2 Å². The summed E-state index contributed by atoms with van der Waals surface area (Å²) in [4.78, 5) is 26.0. The predicted octanol–water partition coefficient (Wildman–Crippen LogP) is 2.58. The zero-order chi connectivity index (χ0) is 18.1. The normalized spacial score (nSPS) is 26.8. The number of carboxylic acid groups (broad SMARTS) is 1. The smallest absolute Gasteiger partial charge is 0.308 e. The maximum atomic E-state index is 13.1. The second-order valence-electron chi connectivity index (χ2n) is 7.49. The Hall–Kier alpha value is -1.95. The monoisotopic (exact) mass is 348 g/mol. The molecule has 2 heterocycles. The van der Waals surface area contributed by atoms with E-state index >= 15 is 0 Å². The number of aliphatic carboxylic acids is 1. The van der Waals surface area contributed by atoms with E-state index in [-0.39, 0.29) is 48.2 Å². The van der Waals surface area contributed by atoms with Crippen LogP contribution in [0.25, 0.3) is 0 Å². The lowest BCUT2D eigenvalue weighted by Crippen LogP contribution is -2.43. The summed E-state index contributed by atoms with van der Waals surface area (Å²) >= 11 is 0. The van der Waals surface area contributed by atoms with E-state index in [9.17, 15) is 19.1 Å². The average Bonchev–Trinajstić information content (AvgIpc) is 3.10. The van der Waals surface area contributed by atoms with E-state index in [2.05, 4.69) is 10.2 Å².